The van der Waals surface area contributed by atoms with E-state index < -0.39 is 8.07 Å². The fourth-order valence-electron chi connectivity index (χ4n) is 6.98. The second kappa shape index (κ2) is 10.3. The highest BCUT2D eigenvalue weighted by Crippen LogP contribution is 2.47. The molecular formula is C43H34Si. The van der Waals surface area contributed by atoms with Crippen LogP contribution in [0.25, 0.3) is 76.5 Å². The van der Waals surface area contributed by atoms with Gasteiger partial charge in [-0.2, -0.15) is 0 Å². The quantitative estimate of drug-likeness (QED) is 0.111. The van der Waals surface area contributed by atoms with Crippen LogP contribution in [0.5, 0.6) is 0 Å². The molecule has 0 nitrogen and oxygen atoms in total. The molecule has 0 atom stereocenters. The zero-order valence-corrected chi connectivity index (χ0v) is 26.4. The van der Waals surface area contributed by atoms with E-state index in [9.17, 15) is 0 Å². The first-order valence-corrected chi connectivity index (χ1v) is 19.0. The molecule has 210 valence electrons. The van der Waals surface area contributed by atoms with Crippen molar-refractivity contribution in [3.63, 3.8) is 0 Å². The Morgan fingerprint density at radius 3 is 1.66 bits per heavy atom. The zero-order valence-electron chi connectivity index (χ0n) is 25.4. The molecule has 0 spiro atoms. The molecule has 0 saturated heterocycles. The Labute approximate surface area is 260 Å². The summed E-state index contributed by atoms with van der Waals surface area (Å²) in [5, 5.41) is 11.8. The molecule has 0 saturated carbocycles. The van der Waals surface area contributed by atoms with Crippen molar-refractivity contribution in [1.29, 1.82) is 0 Å². The van der Waals surface area contributed by atoms with E-state index in [0.29, 0.717) is 0 Å². The molecule has 8 aromatic carbocycles. The molecule has 8 aromatic rings. The van der Waals surface area contributed by atoms with Crippen LogP contribution in [-0.4, -0.2) is 8.07 Å². The molecule has 0 amide bonds. The first-order chi connectivity index (χ1) is 21.5. The lowest BCUT2D eigenvalue weighted by Gasteiger charge is -2.20. The van der Waals surface area contributed by atoms with Gasteiger partial charge in [0.25, 0.3) is 0 Å². The maximum Gasteiger partial charge on any atom is 0.0776 e. The highest BCUT2D eigenvalue weighted by molar-refractivity contribution is 6.88. The largest absolute Gasteiger partial charge is 0.0776 e. The number of benzene rings is 8. The molecule has 0 fully saturated rings. The van der Waals surface area contributed by atoms with Crippen molar-refractivity contribution in [1.82, 2.24) is 0 Å². The van der Waals surface area contributed by atoms with Crippen molar-refractivity contribution < 1.29 is 0 Å². The van der Waals surface area contributed by atoms with Crippen LogP contribution in [0.15, 0.2) is 152 Å². The summed E-state index contributed by atoms with van der Waals surface area (Å²) in [6.45, 7) is 7.24. The molecular weight excluding hydrogens is 545 g/mol. The lowest BCUT2D eigenvalue weighted by molar-refractivity contribution is 1.61. The van der Waals surface area contributed by atoms with Gasteiger partial charge in [0, 0.05) is 0 Å². The predicted octanol–water partition coefficient (Wildman–Crippen LogP) is 11.8. The van der Waals surface area contributed by atoms with Gasteiger partial charge in [-0.15, -0.1) is 0 Å². The molecule has 0 bridgehead atoms. The van der Waals surface area contributed by atoms with Gasteiger partial charge in [0.15, 0.2) is 0 Å². The molecule has 0 heterocycles. The van der Waals surface area contributed by atoms with Crippen molar-refractivity contribution >= 4 is 56.4 Å². The summed E-state index contributed by atoms with van der Waals surface area (Å²) >= 11 is 0. The summed E-state index contributed by atoms with van der Waals surface area (Å²) in [6.07, 6.45) is 0. The molecule has 44 heavy (non-hydrogen) atoms. The summed E-state index contributed by atoms with van der Waals surface area (Å²) in [7, 11) is -1.40. The van der Waals surface area contributed by atoms with Gasteiger partial charge in [0.05, 0.1) is 8.07 Å². The van der Waals surface area contributed by atoms with Gasteiger partial charge >= 0.3 is 0 Å². The first kappa shape index (κ1) is 26.6. The van der Waals surface area contributed by atoms with Gasteiger partial charge in [-0.3, -0.25) is 0 Å². The fraction of sp³-hybridized carbons (Fsp3) is 0.0698. The van der Waals surface area contributed by atoms with Gasteiger partial charge in [0.2, 0.25) is 0 Å². The topological polar surface area (TPSA) is 0 Å². The minimum Gasteiger partial charge on any atom is -0.0656 e. The van der Waals surface area contributed by atoms with Crippen molar-refractivity contribution in [2.24, 2.45) is 0 Å². The molecule has 0 aromatic heterocycles. The SMILES string of the molecule is C[Si](C)(C)c1cccc(-c2ccc(-c3c4ccccc4c(-c4cccc5ccccc45)c4ccc5ccccc5c34)cc2)c1. The number of hydrogen-bond acceptors (Lipinski definition) is 0. The summed E-state index contributed by atoms with van der Waals surface area (Å²) in [5.74, 6) is 0. The maximum absolute atomic E-state index is 2.41. The predicted molar refractivity (Wildman–Crippen MR) is 196 cm³/mol. The van der Waals surface area contributed by atoms with Crippen LogP contribution in [0.3, 0.4) is 0 Å². The van der Waals surface area contributed by atoms with E-state index in [0.717, 1.165) is 0 Å². The second-order valence-electron chi connectivity index (χ2n) is 12.9. The zero-order chi connectivity index (χ0) is 29.8. The third-order valence-corrected chi connectivity index (χ3v) is 11.3. The Balaban J connectivity index is 1.44. The molecule has 0 aliphatic rings. The summed E-state index contributed by atoms with van der Waals surface area (Å²) < 4.78 is 0. The van der Waals surface area contributed by atoms with Crippen molar-refractivity contribution in [2.45, 2.75) is 19.6 Å². The first-order valence-electron chi connectivity index (χ1n) is 15.5. The summed E-state index contributed by atoms with van der Waals surface area (Å²) in [5.41, 5.74) is 7.70. The average Bonchev–Trinajstić information content (AvgIpc) is 3.07. The Bertz CT molecular complexity index is 2350. The van der Waals surface area contributed by atoms with E-state index >= 15 is 0 Å². The van der Waals surface area contributed by atoms with Crippen molar-refractivity contribution in [3.05, 3.63) is 152 Å². The Morgan fingerprint density at radius 1 is 0.364 bits per heavy atom. The second-order valence-corrected chi connectivity index (χ2v) is 18.0. The Hall–Kier alpha value is -4.98. The fourth-order valence-corrected chi connectivity index (χ4v) is 8.16. The molecule has 0 unspecified atom stereocenters. The molecule has 0 aliphatic heterocycles. The van der Waals surface area contributed by atoms with Gasteiger partial charge in [0.1, 0.15) is 0 Å². The van der Waals surface area contributed by atoms with Gasteiger partial charge in [-0.1, -0.05) is 176 Å². The average molecular weight is 579 g/mol. The third kappa shape index (κ3) is 4.35. The molecule has 8 rings (SSSR count). The van der Waals surface area contributed by atoms with E-state index in [1.54, 1.807) is 0 Å². The van der Waals surface area contributed by atoms with Crippen LogP contribution in [0, 0.1) is 0 Å². The molecule has 0 radical (unpaired) electrons. The summed E-state index contributed by atoms with van der Waals surface area (Å²) in [6, 6.07) is 56.4. The highest BCUT2D eigenvalue weighted by atomic mass is 28.3. The molecule has 1 heteroatoms. The monoisotopic (exact) mass is 578 g/mol. The molecule has 0 N–H and O–H groups in total. The van der Waals surface area contributed by atoms with Gasteiger partial charge in [-0.25, -0.2) is 0 Å². The standard InChI is InChI=1S/C43H34Si/c1-44(2,3)34-16-10-15-33(28-34)29-22-24-32(25-23-29)41-38-19-8-9-20-39(38)42(37-21-11-14-30-12-4-6-17-35(30)37)40-27-26-31-13-5-7-18-36(31)43(40)41/h4-28H,1-3H3. The Kier molecular flexibility index (Phi) is 6.25. The van der Waals surface area contributed by atoms with E-state index in [2.05, 4.69) is 171 Å². The lowest BCUT2D eigenvalue weighted by atomic mass is 9.83. The van der Waals surface area contributed by atoms with E-state index in [4.69, 9.17) is 0 Å². The van der Waals surface area contributed by atoms with Crippen molar-refractivity contribution in [3.8, 4) is 33.4 Å². The van der Waals surface area contributed by atoms with Crippen molar-refractivity contribution in [2.75, 3.05) is 0 Å². The number of fused-ring (bicyclic) bond motifs is 5. The van der Waals surface area contributed by atoms with Crippen LogP contribution in [0.1, 0.15) is 0 Å². The van der Waals surface area contributed by atoms with Crippen LogP contribution in [0.4, 0.5) is 0 Å². The normalized spacial score (nSPS) is 12.0. The van der Waals surface area contributed by atoms with E-state index in [1.807, 2.05) is 0 Å². The van der Waals surface area contributed by atoms with Crippen LogP contribution in [-0.2, 0) is 0 Å². The minimum atomic E-state index is -1.40. The number of hydrogen-bond donors (Lipinski definition) is 0. The minimum absolute atomic E-state index is 1.25. The Morgan fingerprint density at radius 2 is 0.932 bits per heavy atom. The maximum atomic E-state index is 2.41. The van der Waals surface area contributed by atoms with Crippen LogP contribution in [0.2, 0.25) is 19.6 Å². The van der Waals surface area contributed by atoms with Gasteiger partial charge in [-0.05, 0) is 76.5 Å². The van der Waals surface area contributed by atoms with E-state index in [-0.39, 0.29) is 0 Å². The lowest BCUT2D eigenvalue weighted by Crippen LogP contribution is -2.37. The van der Waals surface area contributed by atoms with E-state index in [1.165, 1.54) is 81.7 Å². The molecule has 0 aliphatic carbocycles. The smallest absolute Gasteiger partial charge is 0.0656 e. The summed E-state index contributed by atoms with van der Waals surface area (Å²) in [4.78, 5) is 0. The van der Waals surface area contributed by atoms with Crippen LogP contribution < -0.4 is 5.19 Å². The van der Waals surface area contributed by atoms with Gasteiger partial charge < -0.3 is 0 Å². The highest BCUT2D eigenvalue weighted by Gasteiger charge is 2.20. The third-order valence-electron chi connectivity index (χ3n) is 9.21. The van der Waals surface area contributed by atoms with Crippen LogP contribution >= 0.6 is 0 Å². The number of rotatable bonds is 4.